The summed E-state index contributed by atoms with van der Waals surface area (Å²) in [6, 6.07) is 9.66. The van der Waals surface area contributed by atoms with Crippen LogP contribution < -0.4 is 5.32 Å². The van der Waals surface area contributed by atoms with Gasteiger partial charge in [0.1, 0.15) is 0 Å². The maximum Gasteiger partial charge on any atom is 0.257 e. The fraction of sp³-hybridized carbons (Fsp3) is 0.478. The van der Waals surface area contributed by atoms with Gasteiger partial charge in [-0.3, -0.25) is 9.59 Å². The molecule has 1 atom stereocenters. The summed E-state index contributed by atoms with van der Waals surface area (Å²) in [5.41, 5.74) is 2.01. The monoisotopic (exact) mass is 424 g/mol. The zero-order chi connectivity index (χ0) is 21.5. The summed E-state index contributed by atoms with van der Waals surface area (Å²) in [7, 11) is 0. The van der Waals surface area contributed by atoms with Crippen molar-refractivity contribution in [2.75, 3.05) is 39.5 Å². The minimum Gasteiger partial charge on any atom is -0.378 e. The summed E-state index contributed by atoms with van der Waals surface area (Å²) in [5, 5.41) is 2.94. The van der Waals surface area contributed by atoms with E-state index in [0.717, 1.165) is 25.0 Å². The zero-order valence-corrected chi connectivity index (χ0v) is 17.6. The molecule has 1 aromatic heterocycles. The van der Waals surface area contributed by atoms with Gasteiger partial charge in [-0.25, -0.2) is 9.97 Å². The predicted octanol–water partition coefficient (Wildman–Crippen LogP) is 1.84. The molecule has 2 aliphatic heterocycles. The van der Waals surface area contributed by atoms with E-state index in [9.17, 15) is 9.59 Å². The Morgan fingerprint density at radius 1 is 1.13 bits per heavy atom. The quantitative estimate of drug-likeness (QED) is 0.729. The van der Waals surface area contributed by atoms with Crippen LogP contribution >= 0.6 is 0 Å². The van der Waals surface area contributed by atoms with Crippen molar-refractivity contribution in [1.29, 1.82) is 0 Å². The first-order valence-corrected chi connectivity index (χ1v) is 10.9. The van der Waals surface area contributed by atoms with Gasteiger partial charge in [0.05, 0.1) is 37.0 Å². The number of benzene rings is 1. The zero-order valence-electron chi connectivity index (χ0n) is 17.6. The highest BCUT2D eigenvalue weighted by Gasteiger charge is 2.23. The van der Waals surface area contributed by atoms with E-state index in [4.69, 9.17) is 14.5 Å². The molecule has 8 nitrogen and oxygen atoms in total. The first kappa shape index (κ1) is 21.4. The molecule has 0 radical (unpaired) electrons. The van der Waals surface area contributed by atoms with Gasteiger partial charge in [0.15, 0.2) is 5.82 Å². The van der Waals surface area contributed by atoms with E-state index in [2.05, 4.69) is 10.3 Å². The highest BCUT2D eigenvalue weighted by atomic mass is 16.5. The van der Waals surface area contributed by atoms with E-state index in [0.29, 0.717) is 62.8 Å². The van der Waals surface area contributed by atoms with Crippen LogP contribution in [0.5, 0.6) is 0 Å². The molecule has 8 heteroatoms. The van der Waals surface area contributed by atoms with Gasteiger partial charge < -0.3 is 19.7 Å². The van der Waals surface area contributed by atoms with Gasteiger partial charge >= 0.3 is 0 Å². The van der Waals surface area contributed by atoms with Crippen molar-refractivity contribution in [2.45, 2.75) is 31.8 Å². The van der Waals surface area contributed by atoms with E-state index in [1.165, 1.54) is 0 Å². The first-order valence-electron chi connectivity index (χ1n) is 10.9. The van der Waals surface area contributed by atoms with Crippen LogP contribution in [0.3, 0.4) is 0 Å². The van der Waals surface area contributed by atoms with E-state index in [1.807, 2.05) is 30.3 Å². The van der Waals surface area contributed by atoms with Crippen molar-refractivity contribution >= 4 is 11.8 Å². The number of hydrogen-bond donors (Lipinski definition) is 1. The van der Waals surface area contributed by atoms with Crippen molar-refractivity contribution in [3.05, 3.63) is 47.8 Å². The Labute approximate surface area is 182 Å². The average Bonchev–Trinajstić information content (AvgIpc) is 3.33. The van der Waals surface area contributed by atoms with Crippen molar-refractivity contribution in [3.63, 3.8) is 0 Å². The van der Waals surface area contributed by atoms with Crippen LogP contribution in [-0.2, 0) is 20.7 Å². The number of amides is 2. The molecule has 0 bridgehead atoms. The van der Waals surface area contributed by atoms with Crippen LogP contribution in [0.25, 0.3) is 11.4 Å². The topological polar surface area (TPSA) is 93.7 Å². The third kappa shape index (κ3) is 5.65. The number of carbonyl (C=O) groups excluding carboxylic acids is 2. The van der Waals surface area contributed by atoms with E-state index < -0.39 is 0 Å². The lowest BCUT2D eigenvalue weighted by atomic mass is 10.1. The third-order valence-electron chi connectivity index (χ3n) is 5.55. The van der Waals surface area contributed by atoms with Crippen LogP contribution in [0.1, 0.15) is 35.3 Å². The van der Waals surface area contributed by atoms with Gasteiger partial charge in [-0.15, -0.1) is 0 Å². The Balaban J connectivity index is 1.47. The number of carbonyl (C=O) groups is 2. The number of nitrogens with one attached hydrogen (secondary N) is 1. The molecule has 4 rings (SSSR count). The molecule has 0 aliphatic carbocycles. The molecular formula is C23H28N4O4. The van der Waals surface area contributed by atoms with Crippen molar-refractivity contribution in [2.24, 2.45) is 0 Å². The van der Waals surface area contributed by atoms with Crippen LogP contribution in [0.2, 0.25) is 0 Å². The fourth-order valence-electron chi connectivity index (χ4n) is 3.85. The second-order valence-corrected chi connectivity index (χ2v) is 7.76. The number of ether oxygens (including phenoxy) is 2. The fourth-order valence-corrected chi connectivity index (χ4v) is 3.85. The molecule has 0 saturated carbocycles. The molecule has 2 fully saturated rings. The molecule has 2 saturated heterocycles. The number of rotatable bonds is 7. The number of nitrogens with zero attached hydrogens (tertiary/aromatic N) is 3. The minimum absolute atomic E-state index is 0.0159. The maximum absolute atomic E-state index is 13.1. The van der Waals surface area contributed by atoms with Crippen molar-refractivity contribution in [1.82, 2.24) is 20.2 Å². The van der Waals surface area contributed by atoms with Gasteiger partial charge in [-0.1, -0.05) is 30.3 Å². The number of morpholine rings is 1. The lowest BCUT2D eigenvalue weighted by Gasteiger charge is -2.27. The Morgan fingerprint density at radius 2 is 1.94 bits per heavy atom. The summed E-state index contributed by atoms with van der Waals surface area (Å²) in [4.78, 5) is 36.2. The molecule has 164 valence electrons. The van der Waals surface area contributed by atoms with E-state index >= 15 is 0 Å². The molecule has 1 unspecified atom stereocenters. The number of aromatic nitrogens is 2. The summed E-state index contributed by atoms with van der Waals surface area (Å²) in [6.45, 7) is 3.30. The Hall–Kier alpha value is -2.84. The summed E-state index contributed by atoms with van der Waals surface area (Å²) in [6.07, 6.45) is 4.38. The molecule has 1 N–H and O–H groups in total. The Morgan fingerprint density at radius 3 is 2.68 bits per heavy atom. The van der Waals surface area contributed by atoms with E-state index in [1.54, 1.807) is 11.1 Å². The molecule has 2 aromatic rings. The van der Waals surface area contributed by atoms with Gasteiger partial charge in [0, 0.05) is 44.4 Å². The van der Waals surface area contributed by atoms with Crippen molar-refractivity contribution in [3.8, 4) is 11.4 Å². The highest BCUT2D eigenvalue weighted by Crippen LogP contribution is 2.19. The molecule has 2 amide bonds. The van der Waals surface area contributed by atoms with Gasteiger partial charge in [0.25, 0.3) is 5.91 Å². The van der Waals surface area contributed by atoms with Crippen LogP contribution in [0, 0.1) is 0 Å². The lowest BCUT2D eigenvalue weighted by Crippen LogP contribution is -2.41. The third-order valence-corrected chi connectivity index (χ3v) is 5.55. The van der Waals surface area contributed by atoms with Crippen LogP contribution in [0.15, 0.2) is 36.5 Å². The maximum atomic E-state index is 13.1. The molecule has 1 aromatic carbocycles. The van der Waals surface area contributed by atoms with Crippen LogP contribution in [-0.4, -0.2) is 72.2 Å². The van der Waals surface area contributed by atoms with Gasteiger partial charge in [-0.2, -0.15) is 0 Å². The smallest absolute Gasteiger partial charge is 0.257 e. The molecule has 3 heterocycles. The Bertz CT molecular complexity index is 894. The number of hydrogen-bond acceptors (Lipinski definition) is 6. The first-order chi connectivity index (χ1) is 15.2. The molecular weight excluding hydrogens is 396 g/mol. The minimum atomic E-state index is -0.0939. The highest BCUT2D eigenvalue weighted by molar-refractivity contribution is 5.95. The van der Waals surface area contributed by atoms with Gasteiger partial charge in [-0.05, 0) is 12.8 Å². The van der Waals surface area contributed by atoms with Crippen LogP contribution in [0.4, 0.5) is 0 Å². The SMILES string of the molecule is O=C(CC1CCCO1)NCCc1nc(-c2ccccc2)ncc1C(=O)N1CCOCC1. The summed E-state index contributed by atoms with van der Waals surface area (Å²) in [5.74, 6) is 0.439. The summed E-state index contributed by atoms with van der Waals surface area (Å²) < 4.78 is 10.9. The van der Waals surface area contributed by atoms with E-state index in [-0.39, 0.29) is 17.9 Å². The molecule has 2 aliphatic rings. The van der Waals surface area contributed by atoms with Crippen molar-refractivity contribution < 1.29 is 19.1 Å². The molecule has 31 heavy (non-hydrogen) atoms. The lowest BCUT2D eigenvalue weighted by molar-refractivity contribution is -0.123. The van der Waals surface area contributed by atoms with Gasteiger partial charge in [0.2, 0.25) is 5.91 Å². The summed E-state index contributed by atoms with van der Waals surface area (Å²) >= 11 is 0. The normalized spacial score (nSPS) is 18.7. The molecule has 0 spiro atoms. The second-order valence-electron chi connectivity index (χ2n) is 7.76. The predicted molar refractivity (Wildman–Crippen MR) is 114 cm³/mol. The standard InChI is InChI=1S/C23H28N4O4/c28-21(15-18-7-4-12-31-18)24-9-8-20-19(23(29)27-10-13-30-14-11-27)16-25-22(26-20)17-5-2-1-3-6-17/h1-3,5-6,16,18H,4,7-15H2,(H,24,28). The second kappa shape index (κ2) is 10.5. The largest absolute Gasteiger partial charge is 0.378 e. The Kier molecular flexibility index (Phi) is 7.22. The average molecular weight is 425 g/mol.